The van der Waals surface area contributed by atoms with Crippen molar-refractivity contribution in [3.05, 3.63) is 28.8 Å². The lowest BCUT2D eigenvalue weighted by atomic mass is 9.91. The van der Waals surface area contributed by atoms with Gasteiger partial charge in [-0.2, -0.15) is 0 Å². The van der Waals surface area contributed by atoms with E-state index >= 15 is 0 Å². The number of rotatable bonds is 3. The number of benzene rings is 1. The van der Waals surface area contributed by atoms with E-state index in [0.29, 0.717) is 5.92 Å². The third-order valence-corrected chi connectivity index (χ3v) is 3.73. The summed E-state index contributed by atoms with van der Waals surface area (Å²) >= 11 is 6.07. The Hall–Kier alpha value is -0.730. The fourth-order valence-corrected chi connectivity index (χ4v) is 2.56. The Morgan fingerprint density at radius 3 is 3.00 bits per heavy atom. The zero-order valence-electron chi connectivity index (χ0n) is 9.30. The van der Waals surface area contributed by atoms with Gasteiger partial charge in [0.2, 0.25) is 0 Å². The van der Waals surface area contributed by atoms with E-state index < -0.39 is 0 Å². The van der Waals surface area contributed by atoms with E-state index in [-0.39, 0.29) is 0 Å². The highest BCUT2D eigenvalue weighted by Gasteiger charge is 2.25. The summed E-state index contributed by atoms with van der Waals surface area (Å²) < 4.78 is 0. The Morgan fingerprint density at radius 2 is 2.19 bits per heavy atom. The van der Waals surface area contributed by atoms with E-state index in [0.717, 1.165) is 24.2 Å². The van der Waals surface area contributed by atoms with Gasteiger partial charge in [0.25, 0.3) is 0 Å². The fourth-order valence-electron chi connectivity index (χ4n) is 2.38. The lowest BCUT2D eigenvalue weighted by Gasteiger charge is -2.27. The van der Waals surface area contributed by atoms with Crippen molar-refractivity contribution in [3.63, 3.8) is 0 Å². The van der Waals surface area contributed by atoms with Crippen molar-refractivity contribution >= 4 is 17.3 Å². The SMILES string of the molecule is Clc1ccc2c(c1)C(CNC1CC1)CCN2. The van der Waals surface area contributed by atoms with Crippen molar-refractivity contribution in [3.8, 4) is 0 Å². The van der Waals surface area contributed by atoms with E-state index in [2.05, 4.69) is 22.8 Å². The van der Waals surface area contributed by atoms with Gasteiger partial charge >= 0.3 is 0 Å². The maximum absolute atomic E-state index is 6.07. The summed E-state index contributed by atoms with van der Waals surface area (Å²) in [6, 6.07) is 6.96. The van der Waals surface area contributed by atoms with Gasteiger partial charge in [0, 0.05) is 35.8 Å². The first kappa shape index (κ1) is 10.4. The van der Waals surface area contributed by atoms with Crippen molar-refractivity contribution in [2.45, 2.75) is 31.2 Å². The molecule has 1 saturated carbocycles. The lowest BCUT2D eigenvalue weighted by Crippen LogP contribution is -2.28. The van der Waals surface area contributed by atoms with Gasteiger partial charge in [0.15, 0.2) is 0 Å². The van der Waals surface area contributed by atoms with Crippen molar-refractivity contribution in [1.29, 1.82) is 0 Å². The van der Waals surface area contributed by atoms with Crippen LogP contribution in [-0.4, -0.2) is 19.1 Å². The lowest BCUT2D eigenvalue weighted by molar-refractivity contribution is 0.549. The molecule has 2 N–H and O–H groups in total. The molecule has 0 amide bonds. The van der Waals surface area contributed by atoms with Crippen LogP contribution in [0.1, 0.15) is 30.7 Å². The van der Waals surface area contributed by atoms with Crippen LogP contribution < -0.4 is 10.6 Å². The first-order chi connectivity index (χ1) is 7.83. The molecule has 1 aliphatic carbocycles. The maximum atomic E-state index is 6.07. The van der Waals surface area contributed by atoms with Gasteiger partial charge in [0.1, 0.15) is 0 Å². The molecule has 1 fully saturated rings. The fraction of sp³-hybridized carbons (Fsp3) is 0.538. The highest BCUT2D eigenvalue weighted by Crippen LogP contribution is 2.33. The maximum Gasteiger partial charge on any atom is 0.0410 e. The average Bonchev–Trinajstić information content (AvgIpc) is 3.10. The van der Waals surface area contributed by atoms with Gasteiger partial charge in [0.05, 0.1) is 0 Å². The average molecular weight is 237 g/mol. The van der Waals surface area contributed by atoms with E-state index in [4.69, 9.17) is 11.6 Å². The molecule has 0 spiro atoms. The number of halogens is 1. The summed E-state index contributed by atoms with van der Waals surface area (Å²) in [5.41, 5.74) is 2.64. The molecule has 0 aromatic heterocycles. The molecule has 86 valence electrons. The molecule has 1 atom stereocenters. The molecule has 1 unspecified atom stereocenters. The van der Waals surface area contributed by atoms with E-state index in [1.165, 1.54) is 30.5 Å². The minimum atomic E-state index is 0.621. The highest BCUT2D eigenvalue weighted by atomic mass is 35.5. The smallest absolute Gasteiger partial charge is 0.0410 e. The quantitative estimate of drug-likeness (QED) is 0.843. The van der Waals surface area contributed by atoms with Crippen LogP contribution in [0.4, 0.5) is 5.69 Å². The number of nitrogens with one attached hydrogen (secondary N) is 2. The van der Waals surface area contributed by atoms with Gasteiger partial charge in [-0.05, 0) is 43.0 Å². The molecule has 3 heteroatoms. The molecule has 3 rings (SSSR count). The molecular weight excluding hydrogens is 220 g/mol. The minimum absolute atomic E-state index is 0.621. The van der Waals surface area contributed by atoms with Crippen LogP contribution in [0, 0.1) is 0 Å². The second kappa shape index (κ2) is 4.27. The first-order valence-corrected chi connectivity index (χ1v) is 6.47. The van der Waals surface area contributed by atoms with Crippen LogP contribution >= 0.6 is 11.6 Å². The third-order valence-electron chi connectivity index (χ3n) is 3.49. The topological polar surface area (TPSA) is 24.1 Å². The largest absolute Gasteiger partial charge is 0.385 e. The standard InChI is InChI=1S/C13H17ClN2/c14-10-1-4-13-12(7-10)9(5-6-15-13)8-16-11-2-3-11/h1,4,7,9,11,15-16H,2-3,5-6,8H2. The van der Waals surface area contributed by atoms with Crippen molar-refractivity contribution in [2.24, 2.45) is 0 Å². The number of anilines is 1. The summed E-state index contributed by atoms with van der Waals surface area (Å²) in [7, 11) is 0. The first-order valence-electron chi connectivity index (χ1n) is 6.09. The molecule has 0 bridgehead atoms. The van der Waals surface area contributed by atoms with Crippen LogP contribution in [0.5, 0.6) is 0 Å². The van der Waals surface area contributed by atoms with Crippen LogP contribution in [0.15, 0.2) is 18.2 Å². The predicted octanol–water partition coefficient (Wildman–Crippen LogP) is 2.99. The molecule has 2 nitrogen and oxygen atoms in total. The molecule has 16 heavy (non-hydrogen) atoms. The van der Waals surface area contributed by atoms with Gasteiger partial charge < -0.3 is 10.6 Å². The summed E-state index contributed by atoms with van der Waals surface area (Å²) in [4.78, 5) is 0. The third kappa shape index (κ3) is 2.18. The van der Waals surface area contributed by atoms with Crippen molar-refractivity contribution in [2.75, 3.05) is 18.4 Å². The zero-order valence-corrected chi connectivity index (χ0v) is 10.1. The molecule has 0 radical (unpaired) electrons. The molecule has 1 heterocycles. The molecule has 1 aromatic rings. The highest BCUT2D eigenvalue weighted by molar-refractivity contribution is 6.30. The number of fused-ring (bicyclic) bond motifs is 1. The Morgan fingerprint density at radius 1 is 1.31 bits per heavy atom. The molecule has 2 aliphatic rings. The monoisotopic (exact) mass is 236 g/mol. The molecule has 0 saturated heterocycles. The van der Waals surface area contributed by atoms with Crippen molar-refractivity contribution in [1.82, 2.24) is 5.32 Å². The van der Waals surface area contributed by atoms with Gasteiger partial charge in [-0.1, -0.05) is 11.6 Å². The van der Waals surface area contributed by atoms with Gasteiger partial charge in [-0.25, -0.2) is 0 Å². The summed E-state index contributed by atoms with van der Waals surface area (Å²) in [6.45, 7) is 2.17. The van der Waals surface area contributed by atoms with Crippen LogP contribution in [0.25, 0.3) is 0 Å². The number of hydrogen-bond acceptors (Lipinski definition) is 2. The second-order valence-electron chi connectivity index (χ2n) is 4.83. The molecule has 1 aromatic carbocycles. The Labute approximate surface area is 101 Å². The minimum Gasteiger partial charge on any atom is -0.385 e. The molecule has 1 aliphatic heterocycles. The Bertz CT molecular complexity index is 388. The summed E-state index contributed by atoms with van der Waals surface area (Å²) in [5.74, 6) is 0.621. The number of hydrogen-bond donors (Lipinski definition) is 2. The summed E-state index contributed by atoms with van der Waals surface area (Å²) in [5, 5.41) is 7.90. The van der Waals surface area contributed by atoms with Crippen molar-refractivity contribution < 1.29 is 0 Å². The Kier molecular flexibility index (Phi) is 2.78. The predicted molar refractivity (Wildman–Crippen MR) is 68.3 cm³/mol. The Balaban J connectivity index is 1.77. The van der Waals surface area contributed by atoms with Crippen LogP contribution in [0.3, 0.4) is 0 Å². The van der Waals surface area contributed by atoms with E-state index in [9.17, 15) is 0 Å². The molecular formula is C13H17ClN2. The second-order valence-corrected chi connectivity index (χ2v) is 5.26. The van der Waals surface area contributed by atoms with Crippen LogP contribution in [-0.2, 0) is 0 Å². The van der Waals surface area contributed by atoms with Gasteiger partial charge in [-0.15, -0.1) is 0 Å². The van der Waals surface area contributed by atoms with Gasteiger partial charge in [-0.3, -0.25) is 0 Å². The zero-order chi connectivity index (χ0) is 11.0. The van der Waals surface area contributed by atoms with Crippen LogP contribution in [0.2, 0.25) is 5.02 Å². The van der Waals surface area contributed by atoms with E-state index in [1.54, 1.807) is 0 Å². The normalized spacial score (nSPS) is 23.7. The summed E-state index contributed by atoms with van der Waals surface area (Å²) in [6.07, 6.45) is 3.91. The van der Waals surface area contributed by atoms with E-state index in [1.807, 2.05) is 6.07 Å².